The number of benzene rings is 1. The third-order valence-electron chi connectivity index (χ3n) is 1.82. The number of para-hydroxylation sites is 1. The average Bonchev–Trinajstić information content (AvgIpc) is 2.28. The molecule has 0 saturated heterocycles. The predicted octanol–water partition coefficient (Wildman–Crippen LogP) is 2.97. The van der Waals surface area contributed by atoms with Crippen molar-refractivity contribution < 1.29 is 41.0 Å². The highest BCUT2D eigenvalue weighted by Gasteiger charge is 2.35. The van der Waals surface area contributed by atoms with Crippen LogP contribution in [0.2, 0.25) is 0 Å². The third kappa shape index (κ3) is 4.27. The zero-order valence-corrected chi connectivity index (χ0v) is 9.33. The molecule has 0 saturated carbocycles. The first-order chi connectivity index (χ1) is 8.74. The quantitative estimate of drug-likeness (QED) is 0.630. The third-order valence-corrected chi connectivity index (χ3v) is 1.82. The summed E-state index contributed by atoms with van der Waals surface area (Å²) in [4.78, 5) is 11.2. The van der Waals surface area contributed by atoms with E-state index in [1.54, 1.807) is 0 Å². The normalized spacial score (nSPS) is 11.3. The number of hydrogen-bond acceptors (Lipinski definition) is 4. The number of hydrogen-bond donors (Lipinski definition) is 0. The molecule has 0 unspecified atom stereocenters. The lowest BCUT2D eigenvalue weighted by atomic mass is 10.2. The second-order valence-electron chi connectivity index (χ2n) is 3.05. The van der Waals surface area contributed by atoms with E-state index in [-0.39, 0.29) is 0 Å². The first-order valence-electron chi connectivity index (χ1n) is 4.66. The minimum absolute atomic E-state index is 0.682. The first kappa shape index (κ1) is 15.0. The Balaban J connectivity index is 3.27. The fourth-order valence-corrected chi connectivity index (χ4v) is 1.20. The van der Waals surface area contributed by atoms with Gasteiger partial charge in [-0.1, -0.05) is 6.07 Å². The van der Waals surface area contributed by atoms with Crippen molar-refractivity contribution in [2.75, 3.05) is 7.11 Å². The van der Waals surface area contributed by atoms with Gasteiger partial charge < -0.3 is 14.2 Å². The summed E-state index contributed by atoms with van der Waals surface area (Å²) in [5, 5.41) is 0. The lowest BCUT2D eigenvalue weighted by molar-refractivity contribution is -0.275. The molecule has 1 aromatic carbocycles. The summed E-state index contributed by atoms with van der Waals surface area (Å²) in [6.45, 7) is -3.37. The molecule has 0 heterocycles. The van der Waals surface area contributed by atoms with Crippen LogP contribution in [0.3, 0.4) is 0 Å². The Kier molecular flexibility index (Phi) is 4.52. The molecule has 1 rings (SSSR count). The SMILES string of the molecule is COC(=O)c1cccc(OC(F)F)c1OC(F)(F)F. The van der Waals surface area contributed by atoms with Gasteiger partial charge in [-0.2, -0.15) is 8.78 Å². The van der Waals surface area contributed by atoms with Gasteiger partial charge in [-0.3, -0.25) is 0 Å². The Morgan fingerprint density at radius 2 is 1.89 bits per heavy atom. The van der Waals surface area contributed by atoms with Crippen LogP contribution < -0.4 is 9.47 Å². The number of esters is 1. The number of rotatable bonds is 4. The molecule has 0 spiro atoms. The summed E-state index contributed by atoms with van der Waals surface area (Å²) in [6, 6.07) is 2.78. The Hall–Kier alpha value is -2.06. The average molecular weight is 286 g/mol. The highest BCUT2D eigenvalue weighted by Crippen LogP contribution is 2.36. The maximum absolute atomic E-state index is 12.2. The molecule has 0 N–H and O–H groups in total. The van der Waals surface area contributed by atoms with Crippen molar-refractivity contribution in [2.24, 2.45) is 0 Å². The van der Waals surface area contributed by atoms with Crippen LogP contribution in [-0.4, -0.2) is 26.1 Å². The second-order valence-corrected chi connectivity index (χ2v) is 3.05. The van der Waals surface area contributed by atoms with E-state index >= 15 is 0 Å². The zero-order valence-electron chi connectivity index (χ0n) is 9.33. The fourth-order valence-electron chi connectivity index (χ4n) is 1.20. The van der Waals surface area contributed by atoms with Crippen molar-refractivity contribution in [3.8, 4) is 11.5 Å². The molecule has 9 heteroatoms. The smallest absolute Gasteiger partial charge is 0.465 e. The van der Waals surface area contributed by atoms with Crippen LogP contribution in [0.25, 0.3) is 0 Å². The molecule has 0 amide bonds. The van der Waals surface area contributed by atoms with Gasteiger partial charge in [0.05, 0.1) is 7.11 Å². The van der Waals surface area contributed by atoms with E-state index in [4.69, 9.17) is 0 Å². The van der Waals surface area contributed by atoms with E-state index in [0.29, 0.717) is 0 Å². The van der Waals surface area contributed by atoms with Crippen LogP contribution in [0.5, 0.6) is 11.5 Å². The van der Waals surface area contributed by atoms with Gasteiger partial charge in [0.2, 0.25) is 0 Å². The fraction of sp³-hybridized carbons (Fsp3) is 0.300. The van der Waals surface area contributed by atoms with Crippen LogP contribution in [0.4, 0.5) is 22.0 Å². The Morgan fingerprint density at radius 3 is 2.37 bits per heavy atom. The first-order valence-corrected chi connectivity index (χ1v) is 4.66. The maximum atomic E-state index is 12.2. The largest absolute Gasteiger partial charge is 0.573 e. The van der Waals surface area contributed by atoms with Crippen molar-refractivity contribution in [3.05, 3.63) is 23.8 Å². The lowest BCUT2D eigenvalue weighted by Crippen LogP contribution is -2.20. The van der Waals surface area contributed by atoms with Crippen LogP contribution in [0.1, 0.15) is 10.4 Å². The van der Waals surface area contributed by atoms with Crippen LogP contribution >= 0.6 is 0 Å². The molecule has 19 heavy (non-hydrogen) atoms. The Labute approximate surface area is 103 Å². The Bertz CT molecular complexity index is 458. The molecule has 0 aromatic heterocycles. The topological polar surface area (TPSA) is 44.8 Å². The van der Waals surface area contributed by atoms with Crippen LogP contribution in [-0.2, 0) is 4.74 Å². The number of methoxy groups -OCH3 is 1. The highest BCUT2D eigenvalue weighted by atomic mass is 19.4. The van der Waals surface area contributed by atoms with Crippen LogP contribution in [0, 0.1) is 0 Å². The molecule has 0 aliphatic carbocycles. The van der Waals surface area contributed by atoms with Gasteiger partial charge in [-0.15, -0.1) is 13.2 Å². The molecule has 0 aliphatic heterocycles. The number of carbonyl (C=O) groups excluding carboxylic acids is 1. The number of ether oxygens (including phenoxy) is 3. The minimum atomic E-state index is -5.18. The van der Waals surface area contributed by atoms with Crippen LogP contribution in [0.15, 0.2) is 18.2 Å². The summed E-state index contributed by atoms with van der Waals surface area (Å²) in [7, 11) is 0.917. The van der Waals surface area contributed by atoms with Crippen molar-refractivity contribution in [2.45, 2.75) is 13.0 Å². The summed E-state index contributed by atoms with van der Waals surface area (Å²) in [5.41, 5.74) is -0.682. The molecule has 0 bridgehead atoms. The molecule has 1 aromatic rings. The van der Waals surface area contributed by atoms with Gasteiger partial charge in [0, 0.05) is 0 Å². The van der Waals surface area contributed by atoms with E-state index in [1.807, 2.05) is 0 Å². The number of alkyl halides is 5. The van der Waals surface area contributed by atoms with Gasteiger partial charge in [0.1, 0.15) is 5.56 Å². The standard InChI is InChI=1S/C10H7F5O4/c1-17-8(16)5-3-2-4-6(18-9(11)12)7(5)19-10(13,14)15/h2-4,9H,1H3. The van der Waals surface area contributed by atoms with Crippen molar-refractivity contribution in [1.29, 1.82) is 0 Å². The number of halogens is 5. The van der Waals surface area contributed by atoms with Gasteiger partial charge in [0.25, 0.3) is 0 Å². The summed E-state index contributed by atoms with van der Waals surface area (Å²) in [6.07, 6.45) is -5.18. The van der Waals surface area contributed by atoms with E-state index in [2.05, 4.69) is 14.2 Å². The molecule has 4 nitrogen and oxygen atoms in total. The summed E-state index contributed by atoms with van der Waals surface area (Å²) in [5.74, 6) is -3.28. The number of carbonyl (C=O) groups is 1. The molecular weight excluding hydrogens is 279 g/mol. The summed E-state index contributed by atoms with van der Waals surface area (Å²) >= 11 is 0. The lowest BCUT2D eigenvalue weighted by Gasteiger charge is -2.16. The zero-order chi connectivity index (χ0) is 14.6. The predicted molar refractivity (Wildman–Crippen MR) is 51.1 cm³/mol. The Morgan fingerprint density at radius 1 is 1.26 bits per heavy atom. The van der Waals surface area contributed by atoms with E-state index < -0.39 is 36.0 Å². The molecule has 0 aliphatic rings. The molecule has 0 fully saturated rings. The van der Waals surface area contributed by atoms with Gasteiger partial charge in [-0.05, 0) is 12.1 Å². The monoisotopic (exact) mass is 286 g/mol. The second kappa shape index (κ2) is 5.72. The molecule has 106 valence electrons. The minimum Gasteiger partial charge on any atom is -0.465 e. The van der Waals surface area contributed by atoms with Gasteiger partial charge in [-0.25, -0.2) is 4.79 Å². The van der Waals surface area contributed by atoms with Gasteiger partial charge in [0.15, 0.2) is 11.5 Å². The van der Waals surface area contributed by atoms with E-state index in [9.17, 15) is 26.7 Å². The molecular formula is C10H7F5O4. The van der Waals surface area contributed by atoms with Gasteiger partial charge >= 0.3 is 18.9 Å². The van der Waals surface area contributed by atoms with Crippen molar-refractivity contribution in [3.63, 3.8) is 0 Å². The summed E-state index contributed by atoms with van der Waals surface area (Å²) < 4.78 is 72.3. The van der Waals surface area contributed by atoms with E-state index in [0.717, 1.165) is 25.3 Å². The van der Waals surface area contributed by atoms with Crippen molar-refractivity contribution in [1.82, 2.24) is 0 Å². The van der Waals surface area contributed by atoms with E-state index in [1.165, 1.54) is 0 Å². The molecule has 0 atom stereocenters. The highest BCUT2D eigenvalue weighted by molar-refractivity contribution is 5.93. The molecule has 0 radical (unpaired) electrons. The maximum Gasteiger partial charge on any atom is 0.573 e. The van der Waals surface area contributed by atoms with Crippen molar-refractivity contribution >= 4 is 5.97 Å².